The summed E-state index contributed by atoms with van der Waals surface area (Å²) in [4.78, 5) is 28.2. The zero-order valence-electron chi connectivity index (χ0n) is 15.7. The van der Waals surface area contributed by atoms with E-state index in [1.807, 2.05) is 30.3 Å². The molecule has 3 aromatic rings. The largest absolute Gasteiger partial charge is 0.508 e. The number of benzene rings is 2. The minimum atomic E-state index is -0.571. The zero-order chi connectivity index (χ0) is 20.1. The van der Waals surface area contributed by atoms with Crippen molar-refractivity contribution in [2.45, 2.75) is 13.8 Å². The van der Waals surface area contributed by atoms with Crippen LogP contribution in [-0.4, -0.2) is 35.2 Å². The van der Waals surface area contributed by atoms with Crippen LogP contribution in [0.3, 0.4) is 0 Å². The van der Waals surface area contributed by atoms with E-state index in [2.05, 4.69) is 4.98 Å². The van der Waals surface area contributed by atoms with Crippen LogP contribution < -0.4 is 0 Å². The fourth-order valence-electron chi connectivity index (χ4n) is 3.02. The predicted octanol–water partition coefficient (Wildman–Crippen LogP) is 4.41. The summed E-state index contributed by atoms with van der Waals surface area (Å²) < 4.78 is 10.4. The first kappa shape index (κ1) is 19.2. The molecule has 0 bridgehead atoms. The third-order valence-electron chi connectivity index (χ3n) is 4.18. The van der Waals surface area contributed by atoms with Crippen molar-refractivity contribution < 1.29 is 24.2 Å². The van der Waals surface area contributed by atoms with Gasteiger partial charge in [-0.3, -0.25) is 0 Å². The number of aromatic hydroxyl groups is 1. The first-order valence-electron chi connectivity index (χ1n) is 9.01. The highest BCUT2D eigenvalue weighted by atomic mass is 16.5. The van der Waals surface area contributed by atoms with E-state index in [-0.39, 0.29) is 30.4 Å². The van der Waals surface area contributed by atoms with Crippen LogP contribution >= 0.6 is 0 Å². The number of phenolic OH excluding ortho intramolecular Hbond substituents is 1. The lowest BCUT2D eigenvalue weighted by Crippen LogP contribution is -2.09. The summed E-state index contributed by atoms with van der Waals surface area (Å²) >= 11 is 0. The fourth-order valence-corrected chi connectivity index (χ4v) is 3.02. The van der Waals surface area contributed by atoms with Crippen molar-refractivity contribution in [3.63, 3.8) is 0 Å². The minimum Gasteiger partial charge on any atom is -0.508 e. The van der Waals surface area contributed by atoms with Crippen LogP contribution in [0.4, 0.5) is 0 Å². The normalized spacial score (nSPS) is 10.5. The summed E-state index contributed by atoms with van der Waals surface area (Å²) in [6.07, 6.45) is 0. The highest BCUT2D eigenvalue weighted by Crippen LogP contribution is 2.39. The molecule has 0 amide bonds. The van der Waals surface area contributed by atoms with Gasteiger partial charge in [-0.15, -0.1) is 0 Å². The molecule has 6 heteroatoms. The first-order chi connectivity index (χ1) is 13.6. The number of hydrogen-bond donors (Lipinski definition) is 2. The number of hydrogen-bond acceptors (Lipinski definition) is 5. The van der Waals surface area contributed by atoms with E-state index in [4.69, 9.17) is 9.47 Å². The maximum atomic E-state index is 12.6. The van der Waals surface area contributed by atoms with Crippen LogP contribution in [0.15, 0.2) is 54.6 Å². The molecule has 0 saturated carbocycles. The quantitative estimate of drug-likeness (QED) is 0.620. The second kappa shape index (κ2) is 8.43. The molecule has 3 rings (SSSR count). The monoisotopic (exact) mass is 379 g/mol. The summed E-state index contributed by atoms with van der Waals surface area (Å²) in [6, 6.07) is 15.7. The topological polar surface area (TPSA) is 88.6 Å². The molecule has 28 heavy (non-hydrogen) atoms. The SMILES string of the molecule is CCOC(=O)c1[nH]c(C(=O)OCC)c(-c2ccc(O)cc2)c1-c1ccccc1. The van der Waals surface area contributed by atoms with Gasteiger partial charge in [0.15, 0.2) is 0 Å². The number of esters is 2. The Morgan fingerprint density at radius 2 is 1.25 bits per heavy atom. The van der Waals surface area contributed by atoms with E-state index in [9.17, 15) is 14.7 Å². The van der Waals surface area contributed by atoms with Crippen molar-refractivity contribution in [1.29, 1.82) is 0 Å². The molecule has 0 unspecified atom stereocenters. The Bertz CT molecular complexity index is 974. The molecule has 0 fully saturated rings. The Labute approximate surface area is 162 Å². The van der Waals surface area contributed by atoms with E-state index in [1.54, 1.807) is 26.0 Å². The van der Waals surface area contributed by atoms with Gasteiger partial charge in [0.25, 0.3) is 0 Å². The Balaban J connectivity index is 2.33. The number of H-pyrrole nitrogens is 1. The zero-order valence-corrected chi connectivity index (χ0v) is 15.7. The summed E-state index contributed by atoms with van der Waals surface area (Å²) in [5, 5.41) is 9.64. The van der Waals surface area contributed by atoms with Gasteiger partial charge in [0, 0.05) is 11.1 Å². The number of aromatic amines is 1. The van der Waals surface area contributed by atoms with E-state index < -0.39 is 11.9 Å². The summed E-state index contributed by atoms with van der Waals surface area (Å²) in [5.74, 6) is -1.03. The molecule has 2 aromatic carbocycles. The fraction of sp³-hybridized carbons (Fsp3) is 0.182. The molecule has 0 radical (unpaired) electrons. The number of nitrogens with one attached hydrogen (secondary N) is 1. The lowest BCUT2D eigenvalue weighted by atomic mass is 9.94. The smallest absolute Gasteiger partial charge is 0.355 e. The van der Waals surface area contributed by atoms with Gasteiger partial charge in [-0.2, -0.15) is 0 Å². The van der Waals surface area contributed by atoms with Crippen molar-refractivity contribution in [1.82, 2.24) is 4.98 Å². The van der Waals surface area contributed by atoms with Crippen molar-refractivity contribution >= 4 is 11.9 Å². The number of phenols is 1. The number of carbonyl (C=O) groups excluding carboxylic acids is 2. The molecule has 0 aliphatic rings. The van der Waals surface area contributed by atoms with E-state index in [1.165, 1.54) is 12.1 Å². The second-order valence-corrected chi connectivity index (χ2v) is 5.98. The third kappa shape index (κ3) is 3.76. The van der Waals surface area contributed by atoms with Gasteiger partial charge in [-0.1, -0.05) is 42.5 Å². The van der Waals surface area contributed by atoms with E-state index in [0.29, 0.717) is 16.7 Å². The average Bonchev–Trinajstić information content (AvgIpc) is 3.10. The predicted molar refractivity (Wildman–Crippen MR) is 105 cm³/mol. The maximum absolute atomic E-state index is 12.6. The van der Waals surface area contributed by atoms with Crippen molar-refractivity contribution in [3.05, 3.63) is 66.0 Å². The highest BCUT2D eigenvalue weighted by Gasteiger charge is 2.28. The van der Waals surface area contributed by atoms with Crippen LogP contribution in [0.1, 0.15) is 34.8 Å². The molecule has 0 aliphatic heterocycles. The van der Waals surface area contributed by atoms with Crippen LogP contribution in [0.5, 0.6) is 5.75 Å². The Morgan fingerprint density at radius 3 is 1.71 bits per heavy atom. The summed E-state index contributed by atoms with van der Waals surface area (Å²) in [5.41, 5.74) is 2.82. The molecular formula is C22H21NO5. The highest BCUT2D eigenvalue weighted by molar-refractivity contribution is 6.08. The number of carbonyl (C=O) groups is 2. The van der Waals surface area contributed by atoms with Gasteiger partial charge in [-0.05, 0) is 37.1 Å². The van der Waals surface area contributed by atoms with Crippen LogP contribution in [-0.2, 0) is 9.47 Å². The van der Waals surface area contributed by atoms with Gasteiger partial charge in [0.05, 0.1) is 13.2 Å². The molecule has 144 valence electrons. The lowest BCUT2D eigenvalue weighted by Gasteiger charge is -2.09. The van der Waals surface area contributed by atoms with Crippen molar-refractivity contribution in [2.24, 2.45) is 0 Å². The molecule has 2 N–H and O–H groups in total. The summed E-state index contributed by atoms with van der Waals surface area (Å²) in [7, 11) is 0. The van der Waals surface area contributed by atoms with Gasteiger partial charge in [0.1, 0.15) is 17.1 Å². The minimum absolute atomic E-state index is 0.101. The molecular weight excluding hydrogens is 358 g/mol. The maximum Gasteiger partial charge on any atom is 0.355 e. The molecule has 1 aromatic heterocycles. The average molecular weight is 379 g/mol. The number of aromatic nitrogens is 1. The molecule has 1 heterocycles. The van der Waals surface area contributed by atoms with Crippen molar-refractivity contribution in [2.75, 3.05) is 13.2 Å². The van der Waals surface area contributed by atoms with E-state index in [0.717, 1.165) is 5.56 Å². The van der Waals surface area contributed by atoms with Gasteiger partial charge >= 0.3 is 11.9 Å². The molecule has 0 atom stereocenters. The van der Waals surface area contributed by atoms with Crippen molar-refractivity contribution in [3.8, 4) is 28.0 Å². The number of rotatable bonds is 6. The van der Waals surface area contributed by atoms with Gasteiger partial charge in [-0.25, -0.2) is 9.59 Å². The Kier molecular flexibility index (Phi) is 5.79. The second-order valence-electron chi connectivity index (χ2n) is 5.98. The first-order valence-corrected chi connectivity index (χ1v) is 9.01. The Hall–Kier alpha value is -3.54. The lowest BCUT2D eigenvalue weighted by molar-refractivity contribution is 0.0516. The standard InChI is InChI=1S/C22H21NO5/c1-3-27-21(25)19-17(14-8-6-5-7-9-14)18(15-10-12-16(24)13-11-15)20(23-19)22(26)28-4-2/h5-13,23-24H,3-4H2,1-2H3. The van der Waals surface area contributed by atoms with Gasteiger partial charge < -0.3 is 19.6 Å². The molecule has 6 nitrogen and oxygen atoms in total. The van der Waals surface area contributed by atoms with Crippen LogP contribution in [0, 0.1) is 0 Å². The Morgan fingerprint density at radius 1 is 0.786 bits per heavy atom. The summed E-state index contributed by atoms with van der Waals surface area (Å²) in [6.45, 7) is 3.83. The third-order valence-corrected chi connectivity index (χ3v) is 4.18. The number of ether oxygens (including phenoxy) is 2. The molecule has 0 spiro atoms. The molecule has 0 aliphatic carbocycles. The van der Waals surface area contributed by atoms with Crippen LogP contribution in [0.2, 0.25) is 0 Å². The van der Waals surface area contributed by atoms with Crippen LogP contribution in [0.25, 0.3) is 22.3 Å². The molecule has 0 saturated heterocycles. The van der Waals surface area contributed by atoms with Gasteiger partial charge in [0.2, 0.25) is 0 Å². The van der Waals surface area contributed by atoms with E-state index >= 15 is 0 Å².